The van der Waals surface area contributed by atoms with Crippen molar-refractivity contribution in [1.82, 2.24) is 4.98 Å². The van der Waals surface area contributed by atoms with Crippen LogP contribution in [0.4, 0.5) is 9.52 Å². The summed E-state index contributed by atoms with van der Waals surface area (Å²) in [5, 5.41) is 3.72. The molecule has 0 amide bonds. The van der Waals surface area contributed by atoms with Gasteiger partial charge in [0.2, 0.25) is 0 Å². The Bertz CT molecular complexity index is 719. The third-order valence-electron chi connectivity index (χ3n) is 2.86. The molecule has 0 saturated carbocycles. The van der Waals surface area contributed by atoms with Gasteiger partial charge in [0.25, 0.3) is 0 Å². The van der Waals surface area contributed by atoms with Crippen LogP contribution in [0.25, 0.3) is 10.2 Å². The van der Waals surface area contributed by atoms with Gasteiger partial charge in [0.05, 0.1) is 16.8 Å². The van der Waals surface area contributed by atoms with Crippen molar-refractivity contribution in [3.05, 3.63) is 59.9 Å². The fraction of sp³-hybridized carbons (Fsp3) is 0.0667. The first-order valence-electron chi connectivity index (χ1n) is 6.10. The largest absolute Gasteiger partial charge is 0.354 e. The summed E-state index contributed by atoms with van der Waals surface area (Å²) in [6.45, 7) is 0.144. The Kier molecular flexibility index (Phi) is 3.43. The van der Waals surface area contributed by atoms with Crippen LogP contribution in [0, 0.1) is 5.82 Å². The van der Waals surface area contributed by atoms with Crippen LogP contribution in [-0.2, 0) is 0 Å². The maximum atomic E-state index is 12.8. The van der Waals surface area contributed by atoms with Crippen molar-refractivity contribution in [3.63, 3.8) is 0 Å². The number of carbonyl (C=O) groups excluding carboxylic acids is 1. The molecule has 5 heteroatoms. The Morgan fingerprint density at radius 3 is 2.65 bits per heavy atom. The predicted molar refractivity (Wildman–Crippen MR) is 78.8 cm³/mol. The molecule has 0 bridgehead atoms. The van der Waals surface area contributed by atoms with Crippen LogP contribution >= 0.6 is 11.3 Å². The molecule has 0 spiro atoms. The first kappa shape index (κ1) is 12.7. The van der Waals surface area contributed by atoms with E-state index >= 15 is 0 Å². The summed E-state index contributed by atoms with van der Waals surface area (Å²) in [6.07, 6.45) is 0. The van der Waals surface area contributed by atoms with Gasteiger partial charge in [-0.25, -0.2) is 9.37 Å². The molecule has 100 valence electrons. The number of ketones is 1. The highest BCUT2D eigenvalue weighted by molar-refractivity contribution is 7.22. The third-order valence-corrected chi connectivity index (χ3v) is 3.85. The van der Waals surface area contributed by atoms with Crippen LogP contribution < -0.4 is 5.32 Å². The van der Waals surface area contributed by atoms with Crippen molar-refractivity contribution in [1.29, 1.82) is 0 Å². The molecule has 1 aromatic heterocycles. The molecule has 1 heterocycles. The summed E-state index contributed by atoms with van der Waals surface area (Å²) in [5.41, 5.74) is 1.40. The molecule has 0 fully saturated rings. The number of hydrogen-bond acceptors (Lipinski definition) is 4. The van der Waals surface area contributed by atoms with Gasteiger partial charge < -0.3 is 5.32 Å². The number of carbonyl (C=O) groups is 1. The van der Waals surface area contributed by atoms with Gasteiger partial charge in [-0.15, -0.1) is 0 Å². The fourth-order valence-corrected chi connectivity index (χ4v) is 2.70. The van der Waals surface area contributed by atoms with Crippen LogP contribution in [0.3, 0.4) is 0 Å². The van der Waals surface area contributed by atoms with Gasteiger partial charge in [-0.05, 0) is 36.4 Å². The van der Waals surface area contributed by atoms with Crippen molar-refractivity contribution in [2.45, 2.75) is 0 Å². The molecule has 0 aliphatic heterocycles. The van der Waals surface area contributed by atoms with E-state index < -0.39 is 0 Å². The summed E-state index contributed by atoms with van der Waals surface area (Å²) < 4.78 is 13.9. The molecule has 20 heavy (non-hydrogen) atoms. The first-order chi connectivity index (χ1) is 9.72. The van der Waals surface area contributed by atoms with E-state index in [1.54, 1.807) is 0 Å². The molecule has 0 aliphatic carbocycles. The lowest BCUT2D eigenvalue weighted by atomic mass is 10.1. The highest BCUT2D eigenvalue weighted by atomic mass is 32.1. The normalized spacial score (nSPS) is 10.7. The highest BCUT2D eigenvalue weighted by Crippen LogP contribution is 2.25. The van der Waals surface area contributed by atoms with Gasteiger partial charge in [-0.3, -0.25) is 4.79 Å². The smallest absolute Gasteiger partial charge is 0.184 e. The second-order valence-corrected chi connectivity index (χ2v) is 5.30. The van der Waals surface area contributed by atoms with Crippen LogP contribution in [0.15, 0.2) is 48.5 Å². The predicted octanol–water partition coefficient (Wildman–Crippen LogP) is 3.73. The van der Waals surface area contributed by atoms with Gasteiger partial charge in [0, 0.05) is 5.56 Å². The molecule has 3 nitrogen and oxygen atoms in total. The molecular formula is C15H11FN2OS. The van der Waals surface area contributed by atoms with E-state index in [2.05, 4.69) is 10.3 Å². The standard InChI is InChI=1S/C15H11FN2OS/c16-11-7-5-10(6-8-11)13(19)9-17-15-18-12-3-1-2-4-14(12)20-15/h1-8H,9H2,(H,17,18). The molecule has 3 rings (SSSR count). The number of hydrogen-bond donors (Lipinski definition) is 1. The van der Waals surface area contributed by atoms with Gasteiger partial charge in [-0.1, -0.05) is 23.5 Å². The average molecular weight is 286 g/mol. The molecule has 3 aromatic rings. The topological polar surface area (TPSA) is 42.0 Å². The molecule has 2 aromatic carbocycles. The van der Waals surface area contributed by atoms with E-state index in [1.807, 2.05) is 24.3 Å². The maximum absolute atomic E-state index is 12.8. The minimum absolute atomic E-state index is 0.0933. The zero-order valence-electron chi connectivity index (χ0n) is 10.5. The lowest BCUT2D eigenvalue weighted by Gasteiger charge is -2.02. The molecule has 0 aliphatic rings. The Labute approximate surface area is 119 Å². The molecule has 0 saturated heterocycles. The molecule has 1 N–H and O–H groups in total. The van der Waals surface area contributed by atoms with E-state index in [0.29, 0.717) is 10.7 Å². The Hall–Kier alpha value is -2.27. The number of nitrogens with zero attached hydrogens (tertiary/aromatic N) is 1. The van der Waals surface area contributed by atoms with Gasteiger partial charge in [-0.2, -0.15) is 0 Å². The van der Waals surface area contributed by atoms with Crippen LogP contribution in [-0.4, -0.2) is 17.3 Å². The Morgan fingerprint density at radius 2 is 1.90 bits per heavy atom. The SMILES string of the molecule is O=C(CNc1nc2ccccc2s1)c1ccc(F)cc1. The van der Waals surface area contributed by atoms with E-state index in [9.17, 15) is 9.18 Å². The summed E-state index contributed by atoms with van der Waals surface area (Å²) >= 11 is 1.50. The lowest BCUT2D eigenvalue weighted by molar-refractivity contribution is 0.101. The summed E-state index contributed by atoms with van der Waals surface area (Å²) in [7, 11) is 0. The van der Waals surface area contributed by atoms with Gasteiger partial charge in [0.15, 0.2) is 10.9 Å². The van der Waals surface area contributed by atoms with Crippen LogP contribution in [0.5, 0.6) is 0 Å². The van der Waals surface area contributed by atoms with E-state index in [1.165, 1.54) is 35.6 Å². The summed E-state index contributed by atoms with van der Waals surface area (Å²) in [6, 6.07) is 13.3. The van der Waals surface area contributed by atoms with Crippen LogP contribution in [0.1, 0.15) is 10.4 Å². The van der Waals surface area contributed by atoms with E-state index in [0.717, 1.165) is 10.2 Å². The summed E-state index contributed by atoms with van der Waals surface area (Å²) in [4.78, 5) is 16.3. The summed E-state index contributed by atoms with van der Waals surface area (Å²) in [5.74, 6) is -0.440. The van der Waals surface area contributed by atoms with Gasteiger partial charge in [0.1, 0.15) is 5.82 Å². The molecule has 0 radical (unpaired) electrons. The number of halogens is 1. The number of rotatable bonds is 4. The number of para-hydroxylation sites is 1. The quantitative estimate of drug-likeness (QED) is 0.743. The molecule has 0 atom stereocenters. The number of fused-ring (bicyclic) bond motifs is 1. The lowest BCUT2D eigenvalue weighted by Crippen LogP contribution is -2.13. The van der Waals surface area contributed by atoms with Crippen LogP contribution in [0.2, 0.25) is 0 Å². The zero-order chi connectivity index (χ0) is 13.9. The van der Waals surface area contributed by atoms with Gasteiger partial charge >= 0.3 is 0 Å². The minimum Gasteiger partial charge on any atom is -0.354 e. The molecular weight excluding hydrogens is 275 g/mol. The Morgan fingerprint density at radius 1 is 1.15 bits per heavy atom. The number of nitrogens with one attached hydrogen (secondary N) is 1. The highest BCUT2D eigenvalue weighted by Gasteiger charge is 2.08. The van der Waals surface area contributed by atoms with Crippen molar-refractivity contribution in [2.24, 2.45) is 0 Å². The van der Waals surface area contributed by atoms with Crippen molar-refractivity contribution in [2.75, 3.05) is 11.9 Å². The monoisotopic (exact) mass is 286 g/mol. The number of anilines is 1. The third kappa shape index (κ3) is 2.67. The Balaban J connectivity index is 1.69. The van der Waals surface area contributed by atoms with E-state index in [4.69, 9.17) is 0 Å². The van der Waals surface area contributed by atoms with Crippen molar-refractivity contribution < 1.29 is 9.18 Å². The number of benzene rings is 2. The minimum atomic E-state index is -0.347. The molecule has 0 unspecified atom stereocenters. The second-order valence-electron chi connectivity index (χ2n) is 4.27. The number of aromatic nitrogens is 1. The fourth-order valence-electron chi connectivity index (χ4n) is 1.84. The number of thiazole rings is 1. The first-order valence-corrected chi connectivity index (χ1v) is 6.92. The zero-order valence-corrected chi connectivity index (χ0v) is 11.3. The average Bonchev–Trinajstić information content (AvgIpc) is 2.88. The maximum Gasteiger partial charge on any atom is 0.184 e. The number of Topliss-reactive ketones (excluding diaryl/α,β-unsaturated/α-hetero) is 1. The van der Waals surface area contributed by atoms with E-state index in [-0.39, 0.29) is 18.1 Å². The van der Waals surface area contributed by atoms with Crippen molar-refractivity contribution >= 4 is 32.5 Å². The second kappa shape index (κ2) is 5.38. The van der Waals surface area contributed by atoms with Crippen molar-refractivity contribution in [3.8, 4) is 0 Å².